The fraction of sp³-hybridized carbons (Fsp3) is 0.364. The Labute approximate surface area is 92.7 Å². The lowest BCUT2D eigenvalue weighted by atomic mass is 10.1. The topological polar surface area (TPSA) is 77.8 Å². The van der Waals surface area contributed by atoms with E-state index in [0.29, 0.717) is 11.7 Å². The standard InChI is InChI=1S/C11H12N4O/c12-9(7-3-5-13-6-4-7)10-14-11(16-15-10)8-1-2-8/h3-6,8-9H,1-2,12H2/t9-/m0/s1. The molecule has 1 fully saturated rings. The first kappa shape index (κ1) is 9.47. The predicted octanol–water partition coefficient (Wildman–Crippen LogP) is 1.39. The maximum atomic E-state index is 6.04. The molecular weight excluding hydrogens is 204 g/mol. The molecule has 82 valence electrons. The quantitative estimate of drug-likeness (QED) is 0.838. The first-order chi connectivity index (χ1) is 7.84. The average Bonchev–Trinajstić information content (AvgIpc) is 3.08. The van der Waals surface area contributed by atoms with E-state index in [0.717, 1.165) is 24.3 Å². The van der Waals surface area contributed by atoms with Gasteiger partial charge in [-0.1, -0.05) is 5.16 Å². The molecule has 2 heterocycles. The van der Waals surface area contributed by atoms with Crippen LogP contribution in [-0.2, 0) is 0 Å². The van der Waals surface area contributed by atoms with Gasteiger partial charge in [0, 0.05) is 18.3 Å². The molecule has 16 heavy (non-hydrogen) atoms. The Kier molecular flexibility index (Phi) is 2.18. The lowest BCUT2D eigenvalue weighted by Gasteiger charge is -2.05. The fourth-order valence-corrected chi connectivity index (χ4v) is 1.59. The van der Waals surface area contributed by atoms with Gasteiger partial charge < -0.3 is 10.3 Å². The summed E-state index contributed by atoms with van der Waals surface area (Å²) >= 11 is 0. The van der Waals surface area contributed by atoms with Gasteiger partial charge in [-0.05, 0) is 30.5 Å². The second-order valence-electron chi connectivity index (χ2n) is 4.02. The van der Waals surface area contributed by atoms with E-state index in [1.54, 1.807) is 12.4 Å². The van der Waals surface area contributed by atoms with Gasteiger partial charge in [-0.15, -0.1) is 0 Å². The molecule has 0 unspecified atom stereocenters. The second kappa shape index (κ2) is 3.68. The molecule has 5 heteroatoms. The van der Waals surface area contributed by atoms with Crippen LogP contribution in [0.5, 0.6) is 0 Å². The maximum absolute atomic E-state index is 6.04. The molecule has 2 aromatic heterocycles. The minimum atomic E-state index is -0.334. The summed E-state index contributed by atoms with van der Waals surface area (Å²) in [6.45, 7) is 0. The van der Waals surface area contributed by atoms with Crippen molar-refractivity contribution < 1.29 is 4.52 Å². The van der Waals surface area contributed by atoms with Crippen LogP contribution in [0.4, 0.5) is 0 Å². The zero-order chi connectivity index (χ0) is 11.0. The highest BCUT2D eigenvalue weighted by molar-refractivity contribution is 5.21. The number of nitrogens with two attached hydrogens (primary N) is 1. The molecule has 0 aliphatic heterocycles. The van der Waals surface area contributed by atoms with Gasteiger partial charge in [0.15, 0.2) is 5.82 Å². The molecule has 1 atom stereocenters. The van der Waals surface area contributed by atoms with Crippen molar-refractivity contribution in [1.82, 2.24) is 15.1 Å². The van der Waals surface area contributed by atoms with E-state index in [9.17, 15) is 0 Å². The minimum Gasteiger partial charge on any atom is -0.339 e. The number of aromatic nitrogens is 3. The molecule has 0 spiro atoms. The molecule has 0 radical (unpaired) electrons. The molecule has 2 aromatic rings. The molecule has 0 aromatic carbocycles. The van der Waals surface area contributed by atoms with Crippen LogP contribution in [0.25, 0.3) is 0 Å². The molecule has 0 saturated heterocycles. The molecule has 0 amide bonds. The normalized spacial score (nSPS) is 17.3. The Balaban J connectivity index is 1.85. The molecule has 2 N–H and O–H groups in total. The summed E-state index contributed by atoms with van der Waals surface area (Å²) in [5.41, 5.74) is 6.98. The smallest absolute Gasteiger partial charge is 0.229 e. The molecule has 1 aliphatic carbocycles. The highest BCUT2D eigenvalue weighted by Crippen LogP contribution is 2.39. The highest BCUT2D eigenvalue weighted by Gasteiger charge is 2.30. The van der Waals surface area contributed by atoms with Crippen LogP contribution in [0, 0.1) is 0 Å². The maximum Gasteiger partial charge on any atom is 0.229 e. The Bertz CT molecular complexity index is 478. The first-order valence-corrected chi connectivity index (χ1v) is 5.33. The second-order valence-corrected chi connectivity index (χ2v) is 4.02. The lowest BCUT2D eigenvalue weighted by Crippen LogP contribution is -2.13. The van der Waals surface area contributed by atoms with Crippen molar-refractivity contribution in [3.05, 3.63) is 41.8 Å². The van der Waals surface area contributed by atoms with Crippen LogP contribution in [0.15, 0.2) is 29.0 Å². The van der Waals surface area contributed by atoms with Crippen LogP contribution in [0.3, 0.4) is 0 Å². The zero-order valence-corrected chi connectivity index (χ0v) is 8.71. The Morgan fingerprint density at radius 2 is 2.06 bits per heavy atom. The number of pyridine rings is 1. The third-order valence-electron chi connectivity index (χ3n) is 2.73. The van der Waals surface area contributed by atoms with Gasteiger partial charge in [-0.3, -0.25) is 4.98 Å². The lowest BCUT2D eigenvalue weighted by molar-refractivity contribution is 0.372. The van der Waals surface area contributed by atoms with Crippen LogP contribution in [0.1, 0.15) is 42.1 Å². The van der Waals surface area contributed by atoms with Gasteiger partial charge in [0.2, 0.25) is 5.89 Å². The molecule has 5 nitrogen and oxygen atoms in total. The van der Waals surface area contributed by atoms with Gasteiger partial charge in [0.05, 0.1) is 6.04 Å². The van der Waals surface area contributed by atoms with Gasteiger partial charge in [0.1, 0.15) is 0 Å². The van der Waals surface area contributed by atoms with Gasteiger partial charge in [-0.25, -0.2) is 0 Å². The van der Waals surface area contributed by atoms with Crippen molar-refractivity contribution in [2.75, 3.05) is 0 Å². The summed E-state index contributed by atoms with van der Waals surface area (Å²) in [5.74, 6) is 1.73. The van der Waals surface area contributed by atoms with Crippen LogP contribution in [0.2, 0.25) is 0 Å². The Morgan fingerprint density at radius 1 is 1.31 bits per heavy atom. The molecular formula is C11H12N4O. The van der Waals surface area contributed by atoms with Crippen LogP contribution >= 0.6 is 0 Å². The van der Waals surface area contributed by atoms with Crippen molar-refractivity contribution in [2.24, 2.45) is 5.73 Å². The van der Waals surface area contributed by atoms with E-state index in [2.05, 4.69) is 15.1 Å². The number of rotatable bonds is 3. The third kappa shape index (κ3) is 1.69. The van der Waals surface area contributed by atoms with E-state index in [4.69, 9.17) is 10.3 Å². The van der Waals surface area contributed by atoms with E-state index in [-0.39, 0.29) is 6.04 Å². The summed E-state index contributed by atoms with van der Waals surface area (Å²) in [4.78, 5) is 8.27. The average molecular weight is 216 g/mol. The van der Waals surface area contributed by atoms with Crippen LogP contribution < -0.4 is 5.73 Å². The van der Waals surface area contributed by atoms with Gasteiger partial charge in [-0.2, -0.15) is 4.98 Å². The van der Waals surface area contributed by atoms with Crippen molar-refractivity contribution in [2.45, 2.75) is 24.8 Å². The van der Waals surface area contributed by atoms with E-state index in [1.807, 2.05) is 12.1 Å². The van der Waals surface area contributed by atoms with E-state index < -0.39 is 0 Å². The Hall–Kier alpha value is -1.75. The first-order valence-electron chi connectivity index (χ1n) is 5.33. The van der Waals surface area contributed by atoms with Crippen molar-refractivity contribution in [1.29, 1.82) is 0 Å². The van der Waals surface area contributed by atoms with Crippen LogP contribution in [-0.4, -0.2) is 15.1 Å². The van der Waals surface area contributed by atoms with Crippen molar-refractivity contribution in [3.8, 4) is 0 Å². The summed E-state index contributed by atoms with van der Waals surface area (Å²) in [7, 11) is 0. The number of hydrogen-bond acceptors (Lipinski definition) is 5. The predicted molar refractivity (Wildman–Crippen MR) is 56.5 cm³/mol. The molecule has 0 bridgehead atoms. The SMILES string of the molecule is N[C@@H](c1ccncc1)c1noc(C2CC2)n1. The summed E-state index contributed by atoms with van der Waals surface area (Å²) < 4.78 is 5.17. The third-order valence-corrected chi connectivity index (χ3v) is 2.73. The van der Waals surface area contributed by atoms with Gasteiger partial charge in [0.25, 0.3) is 0 Å². The van der Waals surface area contributed by atoms with Crippen molar-refractivity contribution >= 4 is 0 Å². The van der Waals surface area contributed by atoms with E-state index >= 15 is 0 Å². The summed E-state index contributed by atoms with van der Waals surface area (Å²) in [6, 6.07) is 3.38. The zero-order valence-electron chi connectivity index (χ0n) is 8.71. The van der Waals surface area contributed by atoms with Gasteiger partial charge >= 0.3 is 0 Å². The number of nitrogens with zero attached hydrogens (tertiary/aromatic N) is 3. The minimum absolute atomic E-state index is 0.334. The molecule has 3 rings (SSSR count). The Morgan fingerprint density at radius 3 is 2.75 bits per heavy atom. The largest absolute Gasteiger partial charge is 0.339 e. The summed E-state index contributed by atoms with van der Waals surface area (Å²) in [5, 5.41) is 3.92. The molecule has 1 aliphatic rings. The monoisotopic (exact) mass is 216 g/mol. The highest BCUT2D eigenvalue weighted by atomic mass is 16.5. The molecule has 1 saturated carbocycles. The van der Waals surface area contributed by atoms with E-state index in [1.165, 1.54) is 0 Å². The van der Waals surface area contributed by atoms with Crippen molar-refractivity contribution in [3.63, 3.8) is 0 Å². The number of hydrogen-bond donors (Lipinski definition) is 1. The summed E-state index contributed by atoms with van der Waals surface area (Å²) in [6.07, 6.45) is 5.70. The fourth-order valence-electron chi connectivity index (χ4n) is 1.59.